The van der Waals surface area contributed by atoms with E-state index in [1.54, 1.807) is 12.8 Å². The Balaban J connectivity index is 1.99. The van der Waals surface area contributed by atoms with Crippen molar-refractivity contribution in [3.8, 4) is 0 Å². The van der Waals surface area contributed by atoms with Gasteiger partial charge in [-0.3, -0.25) is 0 Å². The molecule has 0 saturated heterocycles. The molecule has 4 saturated carbocycles. The largest absolute Gasteiger partial charge is 0.0619 e. The van der Waals surface area contributed by atoms with Crippen molar-refractivity contribution in [1.82, 2.24) is 0 Å². The molecule has 2 atom stereocenters. The van der Waals surface area contributed by atoms with E-state index < -0.39 is 0 Å². The van der Waals surface area contributed by atoms with Gasteiger partial charge in [0.05, 0.1) is 0 Å². The highest BCUT2D eigenvalue weighted by molar-refractivity contribution is 5.14. The van der Waals surface area contributed by atoms with Crippen molar-refractivity contribution in [2.75, 3.05) is 0 Å². The van der Waals surface area contributed by atoms with E-state index in [9.17, 15) is 0 Å². The second-order valence-electron chi connectivity index (χ2n) is 4.01. The van der Waals surface area contributed by atoms with Crippen molar-refractivity contribution in [1.29, 1.82) is 0 Å². The van der Waals surface area contributed by atoms with Crippen LogP contribution in [-0.2, 0) is 0 Å². The molecule has 0 aliphatic heterocycles. The monoisotopic (exact) mass is 108 g/mol. The minimum atomic E-state index is 1.15. The van der Waals surface area contributed by atoms with Crippen LogP contribution in [-0.4, -0.2) is 0 Å². The third-order valence-corrected chi connectivity index (χ3v) is 3.82. The van der Waals surface area contributed by atoms with E-state index in [4.69, 9.17) is 0 Å². The topological polar surface area (TPSA) is 0 Å². The lowest BCUT2D eigenvalue weighted by Gasteiger charge is -2.29. The third kappa shape index (κ3) is 0.222. The van der Waals surface area contributed by atoms with E-state index in [0.29, 0.717) is 0 Å². The highest BCUT2D eigenvalue weighted by Gasteiger charge is 2.66. The van der Waals surface area contributed by atoms with E-state index >= 15 is 0 Å². The third-order valence-electron chi connectivity index (χ3n) is 3.82. The van der Waals surface area contributed by atoms with Gasteiger partial charge in [0.25, 0.3) is 0 Å². The van der Waals surface area contributed by atoms with Gasteiger partial charge in [0, 0.05) is 0 Å². The van der Waals surface area contributed by atoms with E-state index in [1.165, 1.54) is 23.7 Å². The van der Waals surface area contributed by atoms with Crippen LogP contribution in [0.2, 0.25) is 0 Å². The van der Waals surface area contributed by atoms with Crippen LogP contribution in [0, 0.1) is 29.6 Å². The Labute approximate surface area is 50.3 Å². The average Bonchev–Trinajstić information content (AvgIpc) is 2.20. The number of hydrogen-bond donors (Lipinski definition) is 0. The minimum absolute atomic E-state index is 1.15. The molecule has 4 rings (SSSR count). The summed E-state index contributed by atoms with van der Waals surface area (Å²) in [5, 5.41) is 0. The first-order valence-corrected chi connectivity index (χ1v) is 3.88. The van der Waals surface area contributed by atoms with Gasteiger partial charge in [0.1, 0.15) is 0 Å². The van der Waals surface area contributed by atoms with Crippen LogP contribution in [0.15, 0.2) is 0 Å². The summed E-state index contributed by atoms with van der Waals surface area (Å²) in [7, 11) is 0. The van der Waals surface area contributed by atoms with Gasteiger partial charge in [0.2, 0.25) is 0 Å². The van der Waals surface area contributed by atoms with E-state index in [0.717, 1.165) is 5.92 Å². The Kier molecular flexibility index (Phi) is 0.427. The van der Waals surface area contributed by atoms with Gasteiger partial charge >= 0.3 is 0 Å². The molecule has 0 aromatic heterocycles. The van der Waals surface area contributed by atoms with Crippen molar-refractivity contribution < 1.29 is 0 Å². The highest BCUT2D eigenvalue weighted by Crippen LogP contribution is 2.72. The summed E-state index contributed by atoms with van der Waals surface area (Å²) >= 11 is 0. The van der Waals surface area contributed by atoms with Crippen molar-refractivity contribution in [2.45, 2.75) is 19.8 Å². The Morgan fingerprint density at radius 1 is 1.00 bits per heavy atom. The first kappa shape index (κ1) is 3.92. The van der Waals surface area contributed by atoms with E-state index in [-0.39, 0.29) is 0 Å². The van der Waals surface area contributed by atoms with E-state index in [1.807, 2.05) is 0 Å². The van der Waals surface area contributed by atoms with Crippen LogP contribution in [0.4, 0.5) is 0 Å². The fraction of sp³-hybridized carbons (Fsp3) is 1.00. The molecule has 8 heavy (non-hydrogen) atoms. The second-order valence-corrected chi connectivity index (χ2v) is 4.01. The van der Waals surface area contributed by atoms with E-state index in [2.05, 4.69) is 6.92 Å². The first-order chi connectivity index (χ1) is 3.88. The molecule has 0 spiro atoms. The van der Waals surface area contributed by atoms with Crippen molar-refractivity contribution in [3.05, 3.63) is 0 Å². The van der Waals surface area contributed by atoms with Crippen LogP contribution < -0.4 is 0 Å². The molecule has 0 aromatic carbocycles. The van der Waals surface area contributed by atoms with Crippen LogP contribution >= 0.6 is 0 Å². The minimum Gasteiger partial charge on any atom is -0.0619 e. The molecule has 4 aliphatic carbocycles. The summed E-state index contributed by atoms with van der Waals surface area (Å²) in [5.74, 6) is 6.01. The predicted molar refractivity (Wildman–Crippen MR) is 32.4 cm³/mol. The standard InChI is InChI=1S/C8H12/c1-4-7-5-2-6(3-5)8(4)7/h4-8H,2-3H2,1H3. The fourth-order valence-electron chi connectivity index (χ4n) is 3.35. The molecule has 0 N–H and O–H groups in total. The summed E-state index contributed by atoms with van der Waals surface area (Å²) in [6.45, 7) is 2.44. The molecule has 0 amide bonds. The lowest BCUT2D eigenvalue weighted by atomic mass is 9.76. The highest BCUT2D eigenvalue weighted by atomic mass is 14.7. The second kappa shape index (κ2) is 0.872. The van der Waals surface area contributed by atoms with Crippen LogP contribution in [0.5, 0.6) is 0 Å². The molecular formula is C8H12. The van der Waals surface area contributed by atoms with Crippen molar-refractivity contribution >= 4 is 0 Å². The van der Waals surface area contributed by atoms with Crippen LogP contribution in [0.25, 0.3) is 0 Å². The molecular weight excluding hydrogens is 96.1 g/mol. The maximum Gasteiger partial charge on any atom is -0.0323 e. The quantitative estimate of drug-likeness (QED) is 0.444. The molecule has 0 nitrogen and oxygen atoms in total. The van der Waals surface area contributed by atoms with Gasteiger partial charge in [-0.05, 0) is 42.4 Å². The lowest BCUT2D eigenvalue weighted by Crippen LogP contribution is -2.19. The molecule has 4 fully saturated rings. The Hall–Kier alpha value is 0. The molecule has 0 radical (unpaired) electrons. The molecule has 0 heterocycles. The molecule has 0 heteroatoms. The van der Waals surface area contributed by atoms with Crippen molar-refractivity contribution in [3.63, 3.8) is 0 Å². The van der Waals surface area contributed by atoms with Gasteiger partial charge in [0.15, 0.2) is 0 Å². The molecule has 44 valence electrons. The lowest BCUT2D eigenvalue weighted by molar-refractivity contribution is 0.213. The normalized spacial score (nSPS) is 73.9. The van der Waals surface area contributed by atoms with Gasteiger partial charge in [-0.25, -0.2) is 0 Å². The number of rotatable bonds is 0. The zero-order valence-corrected chi connectivity index (χ0v) is 5.30. The summed E-state index contributed by atoms with van der Waals surface area (Å²) in [6.07, 6.45) is 3.22. The van der Waals surface area contributed by atoms with Crippen molar-refractivity contribution in [2.24, 2.45) is 29.6 Å². The molecule has 2 unspecified atom stereocenters. The first-order valence-electron chi connectivity index (χ1n) is 3.88. The molecule has 0 aromatic rings. The van der Waals surface area contributed by atoms with Gasteiger partial charge < -0.3 is 0 Å². The van der Waals surface area contributed by atoms with Gasteiger partial charge in [-0.1, -0.05) is 6.92 Å². The fourth-order valence-corrected chi connectivity index (χ4v) is 3.35. The summed E-state index contributed by atoms with van der Waals surface area (Å²) < 4.78 is 0. The zero-order valence-electron chi connectivity index (χ0n) is 5.30. The maximum absolute atomic E-state index is 2.44. The van der Waals surface area contributed by atoms with Crippen LogP contribution in [0.1, 0.15) is 19.8 Å². The zero-order chi connectivity index (χ0) is 5.30. The Bertz CT molecular complexity index is 119. The predicted octanol–water partition coefficient (Wildman–Crippen LogP) is 1.91. The maximum atomic E-state index is 2.44. The van der Waals surface area contributed by atoms with Gasteiger partial charge in [-0.2, -0.15) is 0 Å². The summed E-state index contributed by atoms with van der Waals surface area (Å²) in [4.78, 5) is 0. The SMILES string of the molecule is CC1C2C3CC(C3)C12. The molecule has 4 aliphatic rings. The van der Waals surface area contributed by atoms with Gasteiger partial charge in [-0.15, -0.1) is 0 Å². The summed E-state index contributed by atoms with van der Waals surface area (Å²) in [5.41, 5.74) is 0. The smallest absolute Gasteiger partial charge is 0.0323 e. The average molecular weight is 108 g/mol. The summed E-state index contributed by atoms with van der Waals surface area (Å²) in [6, 6.07) is 0. The number of hydrogen-bond acceptors (Lipinski definition) is 0. The Morgan fingerprint density at radius 2 is 1.50 bits per heavy atom. The van der Waals surface area contributed by atoms with Crippen LogP contribution in [0.3, 0.4) is 0 Å². The Morgan fingerprint density at radius 3 is 1.75 bits per heavy atom. The molecule has 2 bridgehead atoms.